The van der Waals surface area contributed by atoms with Crippen LogP contribution in [-0.2, 0) is 13.6 Å². The highest BCUT2D eigenvalue weighted by Gasteiger charge is 2.22. The lowest BCUT2D eigenvalue weighted by molar-refractivity contribution is 0.0679. The van der Waals surface area contributed by atoms with Crippen LogP contribution in [0.25, 0.3) is 16.9 Å². The molecule has 0 saturated carbocycles. The van der Waals surface area contributed by atoms with E-state index in [1.807, 2.05) is 66.9 Å². The van der Waals surface area contributed by atoms with Gasteiger partial charge in [-0.05, 0) is 12.1 Å². The van der Waals surface area contributed by atoms with Crippen molar-refractivity contribution < 1.29 is 14.7 Å². The van der Waals surface area contributed by atoms with E-state index in [-0.39, 0.29) is 17.8 Å². The van der Waals surface area contributed by atoms with Crippen LogP contribution in [0.3, 0.4) is 0 Å². The summed E-state index contributed by atoms with van der Waals surface area (Å²) in [6.07, 6.45) is 3.11. The van der Waals surface area contributed by atoms with Crippen LogP contribution in [0.15, 0.2) is 73.1 Å². The molecule has 0 spiro atoms. The molecule has 4 rings (SSSR count). The molecule has 2 heterocycles. The first kappa shape index (κ1) is 19.1. The fraction of sp³-hybridized carbons (Fsp3) is 0.0909. The molecular formula is C22H19N5O3. The van der Waals surface area contributed by atoms with E-state index in [4.69, 9.17) is 5.10 Å². The number of rotatable bonds is 6. The highest BCUT2D eigenvalue weighted by atomic mass is 16.4. The van der Waals surface area contributed by atoms with Crippen molar-refractivity contribution in [2.75, 3.05) is 0 Å². The number of aromatic nitrogens is 4. The fourth-order valence-corrected chi connectivity index (χ4v) is 3.22. The average molecular weight is 401 g/mol. The summed E-state index contributed by atoms with van der Waals surface area (Å²) in [6, 6.07) is 19.3. The first-order chi connectivity index (χ1) is 14.5. The maximum absolute atomic E-state index is 12.6. The zero-order valence-corrected chi connectivity index (χ0v) is 16.2. The number of benzene rings is 2. The van der Waals surface area contributed by atoms with Crippen LogP contribution in [0, 0.1) is 0 Å². The minimum atomic E-state index is -1.21. The van der Waals surface area contributed by atoms with Crippen LogP contribution in [0.4, 0.5) is 0 Å². The smallest absolute Gasteiger partial charge is 0.354 e. The molecule has 0 aliphatic heterocycles. The average Bonchev–Trinajstić information content (AvgIpc) is 3.37. The molecular weight excluding hydrogens is 382 g/mol. The Bertz CT molecular complexity index is 1200. The van der Waals surface area contributed by atoms with E-state index in [9.17, 15) is 14.7 Å². The van der Waals surface area contributed by atoms with Crippen LogP contribution < -0.4 is 5.32 Å². The molecule has 0 aliphatic rings. The number of carbonyl (C=O) groups excluding carboxylic acids is 1. The van der Waals surface area contributed by atoms with E-state index in [1.54, 1.807) is 4.68 Å². The van der Waals surface area contributed by atoms with Gasteiger partial charge in [0.25, 0.3) is 5.91 Å². The van der Waals surface area contributed by atoms with E-state index in [2.05, 4.69) is 10.4 Å². The maximum Gasteiger partial charge on any atom is 0.354 e. The Kier molecular flexibility index (Phi) is 5.13. The van der Waals surface area contributed by atoms with Crippen molar-refractivity contribution in [3.05, 3.63) is 89.9 Å². The molecule has 0 saturated heterocycles. The SMILES string of the molecule is Cn1ncc(C(=O)NCc2cn(-c3ccccc3)nc2-c2ccccc2)c1C(=O)O. The molecule has 0 radical (unpaired) electrons. The molecule has 0 unspecified atom stereocenters. The number of amides is 1. The minimum Gasteiger partial charge on any atom is -0.477 e. The van der Waals surface area contributed by atoms with E-state index >= 15 is 0 Å². The van der Waals surface area contributed by atoms with E-state index in [0.717, 1.165) is 22.5 Å². The monoisotopic (exact) mass is 401 g/mol. The van der Waals surface area contributed by atoms with Gasteiger partial charge in [0.15, 0.2) is 5.69 Å². The molecule has 1 amide bonds. The number of nitrogens with one attached hydrogen (secondary N) is 1. The summed E-state index contributed by atoms with van der Waals surface area (Å²) in [5.74, 6) is -1.71. The number of nitrogens with zero attached hydrogens (tertiary/aromatic N) is 4. The van der Waals surface area contributed by atoms with Gasteiger partial charge in [-0.2, -0.15) is 10.2 Å². The molecule has 2 N–H and O–H groups in total. The standard InChI is InChI=1S/C22H19N5O3/c1-26-20(22(29)30)18(13-24-26)21(28)23-12-16-14-27(17-10-6-3-7-11-17)25-19(16)15-8-4-2-5-9-15/h2-11,13-14H,12H2,1H3,(H,23,28)(H,29,30). The molecule has 0 aliphatic carbocycles. The lowest BCUT2D eigenvalue weighted by Crippen LogP contribution is -2.25. The third kappa shape index (κ3) is 3.70. The largest absolute Gasteiger partial charge is 0.477 e. The predicted molar refractivity (Wildman–Crippen MR) is 110 cm³/mol. The summed E-state index contributed by atoms with van der Waals surface area (Å²) >= 11 is 0. The lowest BCUT2D eigenvalue weighted by atomic mass is 10.1. The van der Waals surface area contributed by atoms with Gasteiger partial charge >= 0.3 is 5.97 Å². The molecule has 0 fully saturated rings. The number of hydrogen-bond acceptors (Lipinski definition) is 4. The zero-order chi connectivity index (χ0) is 21.1. The van der Waals surface area contributed by atoms with Crippen molar-refractivity contribution in [1.82, 2.24) is 24.9 Å². The van der Waals surface area contributed by atoms with E-state index < -0.39 is 11.9 Å². The summed E-state index contributed by atoms with van der Waals surface area (Å²) in [5, 5.41) is 20.7. The Labute approximate surface area is 172 Å². The maximum atomic E-state index is 12.6. The second-order valence-electron chi connectivity index (χ2n) is 6.67. The van der Waals surface area contributed by atoms with Crippen LogP contribution in [-0.4, -0.2) is 36.5 Å². The number of aryl methyl sites for hydroxylation is 1. The van der Waals surface area contributed by atoms with E-state index in [1.165, 1.54) is 17.9 Å². The van der Waals surface area contributed by atoms with Gasteiger partial charge in [-0.3, -0.25) is 9.48 Å². The van der Waals surface area contributed by atoms with Crippen molar-refractivity contribution in [2.45, 2.75) is 6.54 Å². The highest BCUT2D eigenvalue weighted by molar-refractivity contribution is 6.03. The van der Waals surface area contributed by atoms with Crippen molar-refractivity contribution in [1.29, 1.82) is 0 Å². The van der Waals surface area contributed by atoms with Gasteiger partial charge in [-0.15, -0.1) is 0 Å². The van der Waals surface area contributed by atoms with Crippen LogP contribution in [0.1, 0.15) is 26.4 Å². The molecule has 4 aromatic rings. The van der Waals surface area contributed by atoms with Gasteiger partial charge in [0.1, 0.15) is 0 Å². The van der Waals surface area contributed by atoms with Gasteiger partial charge in [0.05, 0.1) is 23.1 Å². The Morgan fingerprint density at radius 1 is 1.03 bits per heavy atom. The number of aromatic carboxylic acids is 1. The molecule has 8 nitrogen and oxygen atoms in total. The van der Waals surface area contributed by atoms with Gasteiger partial charge in [0.2, 0.25) is 0 Å². The lowest BCUT2D eigenvalue weighted by Gasteiger charge is -2.06. The summed E-state index contributed by atoms with van der Waals surface area (Å²) in [5.41, 5.74) is 3.22. The second-order valence-corrected chi connectivity index (χ2v) is 6.67. The third-order valence-electron chi connectivity index (χ3n) is 4.68. The van der Waals surface area contributed by atoms with Gasteiger partial charge < -0.3 is 10.4 Å². The molecule has 2 aromatic carbocycles. The van der Waals surface area contributed by atoms with E-state index in [0.29, 0.717) is 0 Å². The van der Waals surface area contributed by atoms with Crippen molar-refractivity contribution >= 4 is 11.9 Å². The minimum absolute atomic E-state index is 0.0155. The molecule has 0 bridgehead atoms. The fourth-order valence-electron chi connectivity index (χ4n) is 3.22. The first-order valence-corrected chi connectivity index (χ1v) is 9.27. The summed E-state index contributed by atoms with van der Waals surface area (Å²) in [7, 11) is 1.48. The molecule has 2 aromatic heterocycles. The normalized spacial score (nSPS) is 10.7. The highest BCUT2D eigenvalue weighted by Crippen LogP contribution is 2.23. The third-order valence-corrected chi connectivity index (χ3v) is 4.68. The summed E-state index contributed by atoms with van der Waals surface area (Å²) in [4.78, 5) is 24.1. The van der Waals surface area contributed by atoms with Gasteiger partial charge in [-0.1, -0.05) is 48.5 Å². The molecule has 8 heteroatoms. The molecule has 0 atom stereocenters. The number of para-hydroxylation sites is 1. The van der Waals surface area contributed by atoms with Crippen LogP contribution in [0.5, 0.6) is 0 Å². The van der Waals surface area contributed by atoms with Crippen molar-refractivity contribution in [3.63, 3.8) is 0 Å². The number of carboxylic acid groups (broad SMARTS) is 1. The van der Waals surface area contributed by atoms with Gasteiger partial charge in [0, 0.05) is 30.9 Å². The van der Waals surface area contributed by atoms with Crippen molar-refractivity contribution in [2.24, 2.45) is 7.05 Å². The first-order valence-electron chi connectivity index (χ1n) is 9.27. The number of carboxylic acids is 1. The Morgan fingerprint density at radius 2 is 1.70 bits per heavy atom. The van der Waals surface area contributed by atoms with Crippen LogP contribution in [0.2, 0.25) is 0 Å². The summed E-state index contributed by atoms with van der Waals surface area (Å²) < 4.78 is 2.93. The quantitative estimate of drug-likeness (QED) is 0.517. The Morgan fingerprint density at radius 3 is 2.37 bits per heavy atom. The molecule has 150 valence electrons. The van der Waals surface area contributed by atoms with Crippen molar-refractivity contribution in [3.8, 4) is 16.9 Å². The number of carbonyl (C=O) groups is 2. The molecule has 30 heavy (non-hydrogen) atoms. The predicted octanol–water partition coefficient (Wildman–Crippen LogP) is 2.90. The Hall–Kier alpha value is -4.20. The second kappa shape index (κ2) is 8.04. The summed E-state index contributed by atoms with van der Waals surface area (Å²) in [6.45, 7) is 0.184. The van der Waals surface area contributed by atoms with Gasteiger partial charge in [-0.25, -0.2) is 9.48 Å². The van der Waals surface area contributed by atoms with Crippen LogP contribution >= 0.6 is 0 Å². The number of hydrogen-bond donors (Lipinski definition) is 2. The zero-order valence-electron chi connectivity index (χ0n) is 16.2. The Balaban J connectivity index is 1.64. The topological polar surface area (TPSA) is 102 Å².